The summed E-state index contributed by atoms with van der Waals surface area (Å²) in [5.74, 6) is -0.933. The largest absolute Gasteiger partial charge is 0.302 e. The van der Waals surface area contributed by atoms with E-state index in [9.17, 15) is 14.0 Å². The maximum atomic E-state index is 13.6. The molecule has 9 heteroatoms. The van der Waals surface area contributed by atoms with Crippen molar-refractivity contribution in [3.63, 3.8) is 0 Å². The van der Waals surface area contributed by atoms with Crippen molar-refractivity contribution in [2.45, 2.75) is 6.54 Å². The van der Waals surface area contributed by atoms with Crippen molar-refractivity contribution in [2.75, 3.05) is 0 Å². The lowest BCUT2D eigenvalue weighted by molar-refractivity contribution is 0.0706. The van der Waals surface area contributed by atoms with Crippen LogP contribution >= 0.6 is 0 Å². The molecule has 0 aliphatic rings. The van der Waals surface area contributed by atoms with Gasteiger partial charge in [-0.1, -0.05) is 18.2 Å². The van der Waals surface area contributed by atoms with Crippen LogP contribution in [0.4, 0.5) is 4.39 Å². The van der Waals surface area contributed by atoms with Crippen LogP contribution in [0.15, 0.2) is 83.9 Å². The highest BCUT2D eigenvalue weighted by Gasteiger charge is 2.14. The van der Waals surface area contributed by atoms with Crippen LogP contribution in [0.3, 0.4) is 0 Å². The fourth-order valence-corrected chi connectivity index (χ4v) is 3.90. The van der Waals surface area contributed by atoms with Gasteiger partial charge < -0.3 is 4.57 Å². The normalized spacial score (nSPS) is 11.1. The number of nitrogens with zero attached hydrogens (tertiary/aromatic N) is 4. The smallest absolute Gasteiger partial charge is 0.274 e. The van der Waals surface area contributed by atoms with Crippen LogP contribution in [0.1, 0.15) is 15.9 Å². The van der Waals surface area contributed by atoms with Crippen molar-refractivity contribution in [2.24, 2.45) is 7.05 Å². The van der Waals surface area contributed by atoms with Gasteiger partial charge in [-0.3, -0.25) is 19.5 Å². The van der Waals surface area contributed by atoms with E-state index in [0.717, 1.165) is 22.4 Å². The molecular weight excluding hydrogens is 449 g/mol. The molecule has 174 valence electrons. The van der Waals surface area contributed by atoms with Crippen molar-refractivity contribution in [3.8, 4) is 22.5 Å². The van der Waals surface area contributed by atoms with Gasteiger partial charge in [0.25, 0.3) is 11.5 Å². The molecule has 0 atom stereocenters. The number of fused-ring (bicyclic) bond motifs is 1. The number of carbonyl (C=O) groups is 1. The summed E-state index contributed by atoms with van der Waals surface area (Å²) in [6, 6.07) is 20.2. The molecule has 0 unspecified atom stereocenters. The van der Waals surface area contributed by atoms with Gasteiger partial charge in [0.1, 0.15) is 5.82 Å². The lowest BCUT2D eigenvalue weighted by atomic mass is 10.1. The Morgan fingerprint density at radius 1 is 1.00 bits per heavy atom. The Bertz CT molecular complexity index is 1610. The van der Waals surface area contributed by atoms with Crippen LogP contribution in [0.25, 0.3) is 33.4 Å². The zero-order valence-electron chi connectivity index (χ0n) is 18.6. The zero-order valence-corrected chi connectivity index (χ0v) is 18.6. The van der Waals surface area contributed by atoms with Gasteiger partial charge >= 0.3 is 0 Å². The van der Waals surface area contributed by atoms with E-state index in [4.69, 9.17) is 10.3 Å². The van der Waals surface area contributed by atoms with Gasteiger partial charge in [0, 0.05) is 23.7 Å². The first-order chi connectivity index (χ1) is 16.9. The van der Waals surface area contributed by atoms with Gasteiger partial charge in [0.05, 0.1) is 35.2 Å². The highest BCUT2D eigenvalue weighted by molar-refractivity contribution is 5.93. The molecule has 0 spiro atoms. The molecule has 2 heterocycles. The van der Waals surface area contributed by atoms with Crippen LogP contribution in [0.5, 0.6) is 0 Å². The van der Waals surface area contributed by atoms with E-state index in [0.29, 0.717) is 28.7 Å². The Hall–Kier alpha value is -4.63. The van der Waals surface area contributed by atoms with Gasteiger partial charge in [-0.15, -0.1) is 0 Å². The molecule has 1 amide bonds. The van der Waals surface area contributed by atoms with Crippen LogP contribution in [0.2, 0.25) is 0 Å². The molecule has 8 nitrogen and oxygen atoms in total. The average molecular weight is 469 g/mol. The molecule has 5 rings (SSSR count). The van der Waals surface area contributed by atoms with E-state index in [1.807, 2.05) is 12.1 Å². The lowest BCUT2D eigenvalue weighted by Crippen LogP contribution is -2.18. The summed E-state index contributed by atoms with van der Waals surface area (Å²) >= 11 is 0. The number of carbonyl (C=O) groups excluding carboxylic acids is 1. The Balaban J connectivity index is 1.59. The molecule has 0 aliphatic heterocycles. The third-order valence-corrected chi connectivity index (χ3v) is 5.78. The summed E-state index contributed by atoms with van der Waals surface area (Å²) in [6.45, 7) is 0.380. The number of hydrogen-bond donors (Lipinski definition) is 2. The molecule has 3 aromatic carbocycles. The first-order valence-corrected chi connectivity index (χ1v) is 10.8. The highest BCUT2D eigenvalue weighted by Crippen LogP contribution is 2.28. The minimum Gasteiger partial charge on any atom is -0.302 e. The quantitative estimate of drug-likeness (QED) is 0.301. The van der Waals surface area contributed by atoms with Crippen LogP contribution < -0.4 is 11.0 Å². The molecule has 5 aromatic rings. The molecule has 2 N–H and O–H groups in total. The maximum Gasteiger partial charge on any atom is 0.274 e. The van der Waals surface area contributed by atoms with Gasteiger partial charge in [0.2, 0.25) is 0 Å². The molecule has 35 heavy (non-hydrogen) atoms. The predicted octanol–water partition coefficient (Wildman–Crippen LogP) is 3.77. The van der Waals surface area contributed by atoms with Gasteiger partial charge in [0.15, 0.2) is 0 Å². The molecule has 0 fully saturated rings. The fourth-order valence-electron chi connectivity index (χ4n) is 3.90. The summed E-state index contributed by atoms with van der Waals surface area (Å²) in [7, 11) is 1.65. The lowest BCUT2D eigenvalue weighted by Gasteiger charge is -2.09. The summed E-state index contributed by atoms with van der Waals surface area (Å²) in [5, 5.41) is 14.1. The summed E-state index contributed by atoms with van der Waals surface area (Å²) < 4.78 is 16.8. The minimum absolute atomic E-state index is 0.151. The van der Waals surface area contributed by atoms with Crippen molar-refractivity contribution in [3.05, 3.63) is 106 Å². The van der Waals surface area contributed by atoms with Crippen LogP contribution in [0, 0.1) is 5.82 Å². The number of nitrogens with one attached hydrogen (secondary N) is 1. The van der Waals surface area contributed by atoms with Crippen molar-refractivity contribution in [1.29, 1.82) is 0 Å². The number of hydrogen-bond acceptors (Lipinski definition) is 5. The maximum absolute atomic E-state index is 13.6. The number of amides is 1. The number of aryl methyl sites for hydroxylation is 1. The first kappa shape index (κ1) is 22.2. The van der Waals surface area contributed by atoms with E-state index >= 15 is 0 Å². The van der Waals surface area contributed by atoms with Gasteiger partial charge in [-0.05, 0) is 60.2 Å². The second-order valence-electron chi connectivity index (χ2n) is 8.11. The summed E-state index contributed by atoms with van der Waals surface area (Å²) in [5.41, 5.74) is 6.19. The molecule has 0 saturated heterocycles. The van der Waals surface area contributed by atoms with Crippen molar-refractivity contribution in [1.82, 2.24) is 24.8 Å². The fraction of sp³-hybridized carbons (Fsp3) is 0.0769. The Morgan fingerprint density at radius 2 is 1.71 bits per heavy atom. The number of benzene rings is 3. The summed E-state index contributed by atoms with van der Waals surface area (Å²) in [4.78, 5) is 28.5. The second kappa shape index (κ2) is 8.96. The predicted molar refractivity (Wildman–Crippen MR) is 128 cm³/mol. The number of halogens is 1. The average Bonchev–Trinajstić information content (AvgIpc) is 3.30. The van der Waals surface area contributed by atoms with Crippen molar-refractivity contribution < 1.29 is 14.4 Å². The number of rotatable bonds is 5. The molecule has 0 aliphatic carbocycles. The van der Waals surface area contributed by atoms with E-state index in [2.05, 4.69) is 4.98 Å². The molecule has 2 aromatic heterocycles. The van der Waals surface area contributed by atoms with Gasteiger partial charge in [-0.25, -0.2) is 14.9 Å². The molecular formula is C26H20FN5O3. The summed E-state index contributed by atoms with van der Waals surface area (Å²) in [6.07, 6.45) is 1.49. The number of hydroxylamine groups is 1. The Kier molecular flexibility index (Phi) is 5.68. The molecule has 0 saturated carbocycles. The van der Waals surface area contributed by atoms with E-state index in [-0.39, 0.29) is 11.4 Å². The van der Waals surface area contributed by atoms with Crippen LogP contribution in [-0.2, 0) is 13.6 Å². The zero-order chi connectivity index (χ0) is 24.5. The number of aromatic nitrogens is 4. The molecule has 0 bridgehead atoms. The highest BCUT2D eigenvalue weighted by atomic mass is 19.1. The van der Waals surface area contributed by atoms with Gasteiger partial charge in [-0.2, -0.15) is 5.10 Å². The molecule has 0 radical (unpaired) electrons. The van der Waals surface area contributed by atoms with E-state index < -0.39 is 5.91 Å². The third-order valence-electron chi connectivity index (χ3n) is 5.78. The van der Waals surface area contributed by atoms with E-state index in [1.165, 1.54) is 23.0 Å². The van der Waals surface area contributed by atoms with Crippen molar-refractivity contribution >= 4 is 16.8 Å². The Labute approximate surface area is 198 Å². The SMILES string of the molecule is Cn1cnc2ccc(-c3cc(-c4ccc(F)cc4)n(Cc4ccc(C(=O)NO)cc4)n3)cc2c1=O. The third kappa shape index (κ3) is 4.32. The Morgan fingerprint density at radius 3 is 2.43 bits per heavy atom. The topological polar surface area (TPSA) is 102 Å². The van der Waals surface area contributed by atoms with E-state index in [1.54, 1.807) is 65.7 Å². The second-order valence-corrected chi connectivity index (χ2v) is 8.11. The standard InChI is InChI=1S/C26H20FN5O3/c1-31-15-28-22-11-8-19(12-21(22)26(31)34)23-13-24(17-6-9-20(27)10-7-17)32(29-23)14-16-2-4-18(5-3-16)25(33)30-35/h2-13,15,35H,14H2,1H3,(H,30,33). The first-order valence-electron chi connectivity index (χ1n) is 10.8. The van der Waals surface area contributed by atoms with Crippen LogP contribution in [-0.4, -0.2) is 30.4 Å². The minimum atomic E-state index is -0.595. The monoisotopic (exact) mass is 469 g/mol.